The highest BCUT2D eigenvalue weighted by Crippen LogP contribution is 2.34. The molecule has 1 aliphatic rings. The number of amides is 1. The molecular weight excluding hydrogens is 340 g/mol. The van der Waals surface area contributed by atoms with Crippen LogP contribution in [0.2, 0.25) is 0 Å². The molecule has 2 atom stereocenters. The molecule has 1 amide bonds. The van der Waals surface area contributed by atoms with E-state index in [-0.39, 0.29) is 17.7 Å². The normalized spacial score (nSPS) is 19.1. The molecule has 0 bridgehead atoms. The summed E-state index contributed by atoms with van der Waals surface area (Å²) in [7, 11) is 0. The Hall–Kier alpha value is -2.53. The summed E-state index contributed by atoms with van der Waals surface area (Å²) < 4.78 is 11.3. The van der Waals surface area contributed by atoms with Crippen LogP contribution in [0.1, 0.15) is 35.7 Å². The minimum absolute atomic E-state index is 0.0101. The van der Waals surface area contributed by atoms with Crippen LogP contribution in [0.25, 0.3) is 0 Å². The van der Waals surface area contributed by atoms with Crippen molar-refractivity contribution in [1.82, 2.24) is 4.90 Å². The molecule has 5 nitrogen and oxygen atoms in total. The Kier molecular flexibility index (Phi) is 6.35. The first kappa shape index (κ1) is 19.2. The Morgan fingerprint density at radius 3 is 2.41 bits per heavy atom. The Bertz CT molecular complexity index is 763. The van der Waals surface area contributed by atoms with Crippen LogP contribution in [0, 0.1) is 5.92 Å². The Balaban J connectivity index is 1.80. The second-order valence-corrected chi connectivity index (χ2v) is 6.75. The predicted octanol–water partition coefficient (Wildman–Crippen LogP) is 3.30. The zero-order chi connectivity index (χ0) is 19.2. The van der Waals surface area contributed by atoms with E-state index in [1.54, 1.807) is 6.07 Å². The van der Waals surface area contributed by atoms with Gasteiger partial charge in [0, 0.05) is 24.6 Å². The zero-order valence-corrected chi connectivity index (χ0v) is 16.1. The van der Waals surface area contributed by atoms with Crippen molar-refractivity contribution in [3.63, 3.8) is 0 Å². The van der Waals surface area contributed by atoms with Gasteiger partial charge in [-0.2, -0.15) is 0 Å². The molecule has 2 aromatic rings. The minimum Gasteiger partial charge on any atom is -0.490 e. The monoisotopic (exact) mass is 368 g/mol. The van der Waals surface area contributed by atoms with Gasteiger partial charge in [-0.25, -0.2) is 0 Å². The van der Waals surface area contributed by atoms with Crippen LogP contribution in [0.15, 0.2) is 48.5 Å². The van der Waals surface area contributed by atoms with Crippen molar-refractivity contribution in [3.05, 3.63) is 59.7 Å². The summed E-state index contributed by atoms with van der Waals surface area (Å²) in [6, 6.07) is 15.7. The second-order valence-electron chi connectivity index (χ2n) is 6.75. The predicted molar refractivity (Wildman–Crippen MR) is 106 cm³/mol. The lowest BCUT2D eigenvalue weighted by molar-refractivity contribution is 0.0786. The Morgan fingerprint density at radius 2 is 1.74 bits per heavy atom. The maximum Gasteiger partial charge on any atom is 0.254 e. The van der Waals surface area contributed by atoms with Crippen LogP contribution in [-0.4, -0.2) is 43.7 Å². The van der Waals surface area contributed by atoms with E-state index in [4.69, 9.17) is 15.2 Å². The molecule has 2 aromatic carbocycles. The summed E-state index contributed by atoms with van der Waals surface area (Å²) in [5.74, 6) is 1.83. The summed E-state index contributed by atoms with van der Waals surface area (Å²) in [6.07, 6.45) is 0. The lowest BCUT2D eigenvalue weighted by atomic mass is 9.89. The molecular formula is C22H28N2O3. The average molecular weight is 368 g/mol. The molecule has 0 aromatic heterocycles. The zero-order valence-electron chi connectivity index (χ0n) is 16.1. The maximum atomic E-state index is 13.1. The molecule has 1 aliphatic heterocycles. The van der Waals surface area contributed by atoms with Gasteiger partial charge in [0.2, 0.25) is 0 Å². The van der Waals surface area contributed by atoms with E-state index < -0.39 is 0 Å². The molecule has 0 aliphatic carbocycles. The molecule has 5 heteroatoms. The van der Waals surface area contributed by atoms with Gasteiger partial charge in [0.15, 0.2) is 11.5 Å². The van der Waals surface area contributed by atoms with Crippen molar-refractivity contribution in [2.75, 3.05) is 32.8 Å². The third kappa shape index (κ3) is 4.25. The minimum atomic E-state index is 0.0101. The molecule has 27 heavy (non-hydrogen) atoms. The highest BCUT2D eigenvalue weighted by atomic mass is 16.5. The van der Waals surface area contributed by atoms with E-state index in [9.17, 15) is 4.79 Å². The topological polar surface area (TPSA) is 64.8 Å². The first-order valence-corrected chi connectivity index (χ1v) is 9.61. The molecule has 0 radical (unpaired) electrons. The van der Waals surface area contributed by atoms with Gasteiger partial charge in [0.25, 0.3) is 5.91 Å². The van der Waals surface area contributed by atoms with Gasteiger partial charge in [0.05, 0.1) is 13.2 Å². The molecule has 0 spiro atoms. The summed E-state index contributed by atoms with van der Waals surface area (Å²) in [6.45, 7) is 6.84. The maximum absolute atomic E-state index is 13.1. The molecule has 1 heterocycles. The SMILES string of the molecule is CCOc1ccc(C(=O)N2C[C@@H](CN)[C@H](c3ccccc3)C2)cc1OCC. The van der Waals surface area contributed by atoms with Crippen molar-refractivity contribution in [3.8, 4) is 11.5 Å². The summed E-state index contributed by atoms with van der Waals surface area (Å²) >= 11 is 0. The summed E-state index contributed by atoms with van der Waals surface area (Å²) in [5, 5.41) is 0. The quantitative estimate of drug-likeness (QED) is 0.814. The van der Waals surface area contributed by atoms with Crippen LogP contribution >= 0.6 is 0 Å². The van der Waals surface area contributed by atoms with Crippen LogP contribution in [0.3, 0.4) is 0 Å². The number of hydrogen-bond donors (Lipinski definition) is 1. The van der Waals surface area contributed by atoms with E-state index in [1.807, 2.05) is 49.1 Å². The van der Waals surface area contributed by atoms with E-state index in [2.05, 4.69) is 12.1 Å². The third-order valence-electron chi connectivity index (χ3n) is 5.05. The van der Waals surface area contributed by atoms with Crippen molar-refractivity contribution in [2.45, 2.75) is 19.8 Å². The molecule has 3 rings (SSSR count). The standard InChI is InChI=1S/C22H28N2O3/c1-3-26-20-11-10-17(12-21(20)27-4-2)22(25)24-14-18(13-23)19(15-24)16-8-6-5-7-9-16/h5-12,18-19H,3-4,13-15,23H2,1-2H3/t18-,19+/m1/s1. The molecule has 0 unspecified atom stereocenters. The van der Waals surface area contributed by atoms with E-state index in [0.717, 1.165) is 0 Å². The van der Waals surface area contributed by atoms with Crippen molar-refractivity contribution in [1.29, 1.82) is 0 Å². The molecule has 1 fully saturated rings. The molecule has 0 saturated carbocycles. The number of benzene rings is 2. The van der Waals surface area contributed by atoms with Gasteiger partial charge in [-0.05, 0) is 50.1 Å². The number of rotatable bonds is 7. The number of likely N-dealkylation sites (tertiary alicyclic amines) is 1. The first-order valence-electron chi connectivity index (χ1n) is 9.61. The fourth-order valence-electron chi connectivity index (χ4n) is 3.72. The largest absolute Gasteiger partial charge is 0.490 e. The van der Waals surface area contributed by atoms with Gasteiger partial charge >= 0.3 is 0 Å². The number of nitrogens with two attached hydrogens (primary N) is 1. The van der Waals surface area contributed by atoms with Gasteiger partial charge in [-0.3, -0.25) is 4.79 Å². The van der Waals surface area contributed by atoms with Gasteiger partial charge in [-0.15, -0.1) is 0 Å². The van der Waals surface area contributed by atoms with Gasteiger partial charge in [-0.1, -0.05) is 30.3 Å². The van der Waals surface area contributed by atoms with Crippen LogP contribution in [-0.2, 0) is 0 Å². The lowest BCUT2D eigenvalue weighted by Crippen LogP contribution is -2.29. The van der Waals surface area contributed by atoms with E-state index >= 15 is 0 Å². The Morgan fingerprint density at radius 1 is 1.04 bits per heavy atom. The fraction of sp³-hybridized carbons (Fsp3) is 0.409. The highest BCUT2D eigenvalue weighted by molar-refractivity contribution is 5.95. The van der Waals surface area contributed by atoms with Crippen LogP contribution in [0.5, 0.6) is 11.5 Å². The number of nitrogens with zero attached hydrogens (tertiary/aromatic N) is 1. The second kappa shape index (κ2) is 8.91. The lowest BCUT2D eigenvalue weighted by Gasteiger charge is -2.18. The highest BCUT2D eigenvalue weighted by Gasteiger charge is 2.35. The van der Waals surface area contributed by atoms with Crippen LogP contribution < -0.4 is 15.2 Å². The van der Waals surface area contributed by atoms with Gasteiger partial charge in [0.1, 0.15) is 0 Å². The van der Waals surface area contributed by atoms with E-state index in [0.29, 0.717) is 49.9 Å². The first-order chi connectivity index (χ1) is 13.2. The van der Waals surface area contributed by atoms with Crippen LogP contribution in [0.4, 0.5) is 0 Å². The number of hydrogen-bond acceptors (Lipinski definition) is 4. The Labute approximate surface area is 161 Å². The average Bonchev–Trinajstić information content (AvgIpc) is 3.14. The number of carbonyl (C=O) groups is 1. The molecule has 2 N–H and O–H groups in total. The molecule has 144 valence electrons. The summed E-state index contributed by atoms with van der Waals surface area (Å²) in [5.41, 5.74) is 7.86. The summed E-state index contributed by atoms with van der Waals surface area (Å²) in [4.78, 5) is 15.0. The smallest absolute Gasteiger partial charge is 0.254 e. The fourth-order valence-corrected chi connectivity index (χ4v) is 3.72. The van der Waals surface area contributed by atoms with Crippen molar-refractivity contribution < 1.29 is 14.3 Å². The van der Waals surface area contributed by atoms with E-state index in [1.165, 1.54) is 5.56 Å². The van der Waals surface area contributed by atoms with Gasteiger partial charge < -0.3 is 20.1 Å². The third-order valence-corrected chi connectivity index (χ3v) is 5.05. The number of ether oxygens (including phenoxy) is 2. The van der Waals surface area contributed by atoms with Crippen molar-refractivity contribution in [2.24, 2.45) is 11.7 Å². The number of carbonyl (C=O) groups excluding carboxylic acids is 1. The van der Waals surface area contributed by atoms with Crippen molar-refractivity contribution >= 4 is 5.91 Å². The molecule has 1 saturated heterocycles.